The molecule has 1 amide bonds. The quantitative estimate of drug-likeness (QED) is 0.789. The first-order valence-electron chi connectivity index (χ1n) is 9.38. The molecule has 0 radical (unpaired) electrons. The van der Waals surface area contributed by atoms with Crippen LogP contribution in [0.15, 0.2) is 42.5 Å². The summed E-state index contributed by atoms with van der Waals surface area (Å²) in [6.07, 6.45) is 12.9. The number of benzene rings is 1. The van der Waals surface area contributed by atoms with Crippen LogP contribution in [0.4, 0.5) is 0 Å². The van der Waals surface area contributed by atoms with Crippen LogP contribution < -0.4 is 10.1 Å². The van der Waals surface area contributed by atoms with Crippen molar-refractivity contribution in [1.29, 1.82) is 0 Å². The second-order valence-corrected chi connectivity index (χ2v) is 7.51. The number of halogens is 1. The van der Waals surface area contributed by atoms with E-state index in [1.54, 1.807) is 12.4 Å². The average Bonchev–Trinajstić information content (AvgIpc) is 3.12. The molecule has 0 bridgehead atoms. The molecule has 1 aromatic heterocycles. The minimum absolute atomic E-state index is 0.0657. The lowest BCUT2D eigenvalue weighted by Crippen LogP contribution is -2.34. The maximum Gasteiger partial charge on any atom is 0.224 e. The van der Waals surface area contributed by atoms with Gasteiger partial charge in [0.25, 0.3) is 0 Å². The number of carbonyl (C=O) groups is 1. The highest BCUT2D eigenvalue weighted by molar-refractivity contribution is 6.32. The Balaban J connectivity index is 1.37. The van der Waals surface area contributed by atoms with Gasteiger partial charge in [-0.25, -0.2) is 9.97 Å². The Bertz CT molecular complexity index is 867. The van der Waals surface area contributed by atoms with Crippen molar-refractivity contribution in [3.8, 4) is 16.9 Å². The van der Waals surface area contributed by atoms with Crippen molar-refractivity contribution in [2.24, 2.45) is 0 Å². The summed E-state index contributed by atoms with van der Waals surface area (Å²) in [6, 6.07) is 3.93. The highest BCUT2D eigenvalue weighted by atomic mass is 35.5. The lowest BCUT2D eigenvalue weighted by Gasteiger charge is -2.15. The van der Waals surface area contributed by atoms with Crippen LogP contribution in [0.1, 0.15) is 37.7 Å². The van der Waals surface area contributed by atoms with E-state index in [1.807, 2.05) is 6.07 Å². The smallest absolute Gasteiger partial charge is 0.224 e. The summed E-state index contributed by atoms with van der Waals surface area (Å²) < 4.78 is 5.98. The van der Waals surface area contributed by atoms with Crippen molar-refractivity contribution in [1.82, 2.24) is 15.3 Å². The molecule has 0 spiro atoms. The van der Waals surface area contributed by atoms with Crippen LogP contribution in [0.3, 0.4) is 0 Å². The van der Waals surface area contributed by atoms with Crippen molar-refractivity contribution in [3.05, 3.63) is 53.1 Å². The van der Waals surface area contributed by atoms with Crippen LogP contribution >= 0.6 is 11.6 Å². The molecule has 2 aliphatic rings. The number of carbonyl (C=O) groups excluding carboxylic acids is 1. The van der Waals surface area contributed by atoms with E-state index in [9.17, 15) is 4.79 Å². The lowest BCUT2D eigenvalue weighted by molar-refractivity contribution is -0.120. The van der Waals surface area contributed by atoms with Crippen LogP contribution in [0.25, 0.3) is 11.1 Å². The van der Waals surface area contributed by atoms with Gasteiger partial charge in [-0.1, -0.05) is 23.3 Å². The zero-order chi connectivity index (χ0) is 18.6. The van der Waals surface area contributed by atoms with Gasteiger partial charge >= 0.3 is 0 Å². The number of rotatable bonds is 5. The van der Waals surface area contributed by atoms with Gasteiger partial charge in [-0.3, -0.25) is 4.79 Å². The van der Waals surface area contributed by atoms with E-state index in [0.717, 1.165) is 36.0 Å². The number of ether oxygens (including phenoxy) is 1. The van der Waals surface area contributed by atoms with Gasteiger partial charge in [0.2, 0.25) is 5.91 Å². The third-order valence-corrected chi connectivity index (χ3v) is 5.33. The molecule has 6 heteroatoms. The second kappa shape index (κ2) is 8.09. The van der Waals surface area contributed by atoms with Crippen LogP contribution in [0, 0.1) is 0 Å². The van der Waals surface area contributed by atoms with E-state index in [0.29, 0.717) is 23.7 Å². The Labute approximate surface area is 163 Å². The molecule has 5 nitrogen and oxygen atoms in total. The van der Waals surface area contributed by atoms with Gasteiger partial charge in [0.1, 0.15) is 18.2 Å². The van der Waals surface area contributed by atoms with Gasteiger partial charge < -0.3 is 10.1 Å². The molecule has 1 aliphatic carbocycles. The Morgan fingerprint density at radius 1 is 1.22 bits per heavy atom. The van der Waals surface area contributed by atoms with E-state index in [4.69, 9.17) is 16.3 Å². The Hall–Kier alpha value is -2.40. The predicted octanol–water partition coefficient (Wildman–Crippen LogP) is 4.11. The number of nitrogens with zero attached hydrogens (tertiary/aromatic N) is 2. The molecule has 4 rings (SSSR count). The second-order valence-electron chi connectivity index (χ2n) is 7.11. The third-order valence-electron chi connectivity index (χ3n) is 5.05. The highest BCUT2D eigenvalue weighted by Gasteiger charge is 2.26. The molecule has 0 saturated heterocycles. The van der Waals surface area contributed by atoms with Gasteiger partial charge in [0.15, 0.2) is 0 Å². The highest BCUT2D eigenvalue weighted by Crippen LogP contribution is 2.39. The first-order chi connectivity index (χ1) is 13.2. The maximum atomic E-state index is 12.2. The molecule has 1 unspecified atom stereocenters. The summed E-state index contributed by atoms with van der Waals surface area (Å²) >= 11 is 6.42. The molecule has 1 atom stereocenters. The molecule has 27 heavy (non-hydrogen) atoms. The third kappa shape index (κ3) is 4.30. The zero-order valence-electron chi connectivity index (χ0n) is 15.1. The molecule has 2 heterocycles. The number of fused-ring (bicyclic) bond motifs is 1. The zero-order valence-corrected chi connectivity index (χ0v) is 15.8. The van der Waals surface area contributed by atoms with Crippen LogP contribution in [0.5, 0.6) is 5.75 Å². The summed E-state index contributed by atoms with van der Waals surface area (Å²) in [7, 11) is 0. The van der Waals surface area contributed by atoms with Crippen molar-refractivity contribution < 1.29 is 9.53 Å². The Morgan fingerprint density at radius 3 is 2.85 bits per heavy atom. The van der Waals surface area contributed by atoms with Gasteiger partial charge in [0, 0.05) is 36.4 Å². The van der Waals surface area contributed by atoms with E-state index in [2.05, 4.69) is 27.4 Å². The van der Waals surface area contributed by atoms with Crippen LogP contribution in [0.2, 0.25) is 5.02 Å². The number of allylic oxidation sites excluding steroid dienone is 1. The summed E-state index contributed by atoms with van der Waals surface area (Å²) in [5.74, 6) is 0.780. The van der Waals surface area contributed by atoms with E-state index in [-0.39, 0.29) is 12.0 Å². The largest absolute Gasteiger partial charge is 0.486 e. The molecule has 1 aliphatic heterocycles. The number of hydrogen-bond donors (Lipinski definition) is 1. The van der Waals surface area contributed by atoms with Crippen molar-refractivity contribution >= 4 is 17.5 Å². The van der Waals surface area contributed by atoms with Gasteiger partial charge in [0.05, 0.1) is 11.6 Å². The Morgan fingerprint density at radius 2 is 2.07 bits per heavy atom. The summed E-state index contributed by atoms with van der Waals surface area (Å²) in [5, 5.41) is 3.58. The predicted molar refractivity (Wildman–Crippen MR) is 105 cm³/mol. The monoisotopic (exact) mass is 383 g/mol. The normalized spacial score (nSPS) is 18.4. The minimum atomic E-state index is -0.0935. The number of nitrogens with one attached hydrogen (secondary N) is 1. The maximum absolute atomic E-state index is 12.2. The van der Waals surface area contributed by atoms with Gasteiger partial charge in [-0.05, 0) is 43.4 Å². The minimum Gasteiger partial charge on any atom is -0.486 e. The molecular weight excluding hydrogens is 362 g/mol. The van der Waals surface area contributed by atoms with Gasteiger partial charge in [-0.2, -0.15) is 0 Å². The van der Waals surface area contributed by atoms with Crippen LogP contribution in [-0.4, -0.2) is 28.5 Å². The van der Waals surface area contributed by atoms with E-state index >= 15 is 0 Å². The SMILES string of the molecule is O=C(CC1=CCCCC1)NCC1Cc2cc(-c3cncnc3)cc(Cl)c2O1. The molecule has 1 N–H and O–H groups in total. The first kappa shape index (κ1) is 18.0. The van der Waals surface area contributed by atoms with Crippen molar-refractivity contribution in [2.75, 3.05) is 6.54 Å². The van der Waals surface area contributed by atoms with Crippen molar-refractivity contribution in [3.63, 3.8) is 0 Å². The molecule has 140 valence electrons. The molecule has 1 aromatic carbocycles. The summed E-state index contributed by atoms with van der Waals surface area (Å²) in [5.41, 5.74) is 4.19. The standard InChI is InChI=1S/C21H22ClN3O2/c22-19-9-15(17-10-23-13-24-11-17)7-16-8-18(27-21(16)19)12-25-20(26)6-14-4-2-1-3-5-14/h4,7,9-11,13,18H,1-3,5-6,8,12H2,(H,25,26). The van der Waals surface area contributed by atoms with Crippen molar-refractivity contribution in [2.45, 2.75) is 44.6 Å². The summed E-state index contributed by atoms with van der Waals surface area (Å²) in [4.78, 5) is 20.3. The molecular formula is C21H22ClN3O2. The topological polar surface area (TPSA) is 64.1 Å². The fourth-order valence-corrected chi connectivity index (χ4v) is 3.96. The Kier molecular flexibility index (Phi) is 5.39. The average molecular weight is 384 g/mol. The molecule has 2 aromatic rings. The summed E-state index contributed by atoms with van der Waals surface area (Å²) in [6.45, 7) is 0.487. The number of aromatic nitrogens is 2. The first-order valence-corrected chi connectivity index (χ1v) is 9.76. The lowest BCUT2D eigenvalue weighted by atomic mass is 9.97. The molecule has 0 saturated carbocycles. The number of amides is 1. The van der Waals surface area contributed by atoms with E-state index < -0.39 is 0 Å². The van der Waals surface area contributed by atoms with Crippen LogP contribution in [-0.2, 0) is 11.2 Å². The van der Waals surface area contributed by atoms with E-state index in [1.165, 1.54) is 24.7 Å². The van der Waals surface area contributed by atoms with Gasteiger partial charge in [-0.15, -0.1) is 0 Å². The number of hydrogen-bond acceptors (Lipinski definition) is 4. The fourth-order valence-electron chi connectivity index (χ4n) is 3.68. The molecule has 0 fully saturated rings. The fraction of sp³-hybridized carbons (Fsp3) is 0.381.